The summed E-state index contributed by atoms with van der Waals surface area (Å²) in [5, 5.41) is 15.8. The highest BCUT2D eigenvalue weighted by atomic mass is 16.4. The van der Waals surface area contributed by atoms with Gasteiger partial charge in [-0.05, 0) is 38.1 Å². The van der Waals surface area contributed by atoms with Gasteiger partial charge in [0.15, 0.2) is 0 Å². The zero-order valence-electron chi connectivity index (χ0n) is 15.4. The van der Waals surface area contributed by atoms with Crippen LogP contribution in [0.15, 0.2) is 0 Å². The van der Waals surface area contributed by atoms with Crippen molar-refractivity contribution >= 4 is 23.7 Å². The topological polar surface area (TPSA) is 177 Å². The summed E-state index contributed by atoms with van der Waals surface area (Å²) in [7, 11) is 0. The predicted octanol–water partition coefficient (Wildman–Crippen LogP) is -1.71. The summed E-state index contributed by atoms with van der Waals surface area (Å²) in [5.41, 5.74) is 11.1. The second-order valence-corrected chi connectivity index (χ2v) is 6.47. The second-order valence-electron chi connectivity index (χ2n) is 6.47. The number of carbonyl (C=O) groups excluding carboxylic acids is 3. The molecular weight excluding hydrogens is 342 g/mol. The van der Waals surface area contributed by atoms with Crippen LogP contribution in [0.3, 0.4) is 0 Å². The molecule has 0 aromatic heterocycles. The number of hydrogen-bond donors (Lipinski definition) is 6. The van der Waals surface area contributed by atoms with Gasteiger partial charge in [-0.25, -0.2) is 0 Å². The van der Waals surface area contributed by atoms with Crippen molar-refractivity contribution in [2.24, 2.45) is 17.4 Å². The number of nitrogens with one attached hydrogen (secondary N) is 3. The molecule has 150 valence electrons. The van der Waals surface area contributed by atoms with E-state index in [1.165, 1.54) is 0 Å². The Balaban J connectivity index is 4.52. The van der Waals surface area contributed by atoms with Gasteiger partial charge < -0.3 is 32.5 Å². The van der Waals surface area contributed by atoms with Crippen LogP contribution in [0.4, 0.5) is 0 Å². The highest BCUT2D eigenvalue weighted by Crippen LogP contribution is 2.03. The number of carboxylic acid groups (broad SMARTS) is 1. The van der Waals surface area contributed by atoms with E-state index < -0.39 is 42.3 Å². The predicted molar refractivity (Wildman–Crippen MR) is 95.9 cm³/mol. The maximum absolute atomic E-state index is 12.0. The summed E-state index contributed by atoms with van der Waals surface area (Å²) in [6.45, 7) is 3.46. The third-order valence-electron chi connectivity index (χ3n) is 3.50. The van der Waals surface area contributed by atoms with Crippen LogP contribution in [0.25, 0.3) is 0 Å². The van der Waals surface area contributed by atoms with Crippen LogP contribution in [-0.2, 0) is 19.2 Å². The number of carbonyl (C=O) groups is 4. The molecule has 0 fully saturated rings. The van der Waals surface area contributed by atoms with Crippen molar-refractivity contribution in [3.8, 4) is 0 Å². The lowest BCUT2D eigenvalue weighted by molar-refractivity contribution is -0.138. The number of hydrogen-bond acceptors (Lipinski definition) is 6. The van der Waals surface area contributed by atoms with Gasteiger partial charge in [-0.15, -0.1) is 0 Å². The largest absolute Gasteiger partial charge is 0.480 e. The minimum atomic E-state index is -1.18. The zero-order chi connectivity index (χ0) is 20.1. The molecule has 0 spiro atoms. The Morgan fingerprint density at radius 2 is 1.62 bits per heavy atom. The van der Waals surface area contributed by atoms with Crippen molar-refractivity contribution in [3.05, 3.63) is 0 Å². The molecular formula is C16H31N5O5. The van der Waals surface area contributed by atoms with Gasteiger partial charge in [0.2, 0.25) is 17.7 Å². The van der Waals surface area contributed by atoms with Crippen LogP contribution < -0.4 is 27.4 Å². The highest BCUT2D eigenvalue weighted by molar-refractivity contribution is 5.91. The number of unbranched alkanes of at least 4 members (excludes halogenated alkanes) is 1. The maximum atomic E-state index is 12.0. The molecule has 0 heterocycles. The fourth-order valence-corrected chi connectivity index (χ4v) is 2.21. The van der Waals surface area contributed by atoms with E-state index in [1.807, 2.05) is 13.8 Å². The lowest BCUT2D eigenvalue weighted by Gasteiger charge is -2.19. The van der Waals surface area contributed by atoms with Gasteiger partial charge in [-0.1, -0.05) is 13.8 Å². The van der Waals surface area contributed by atoms with E-state index in [9.17, 15) is 19.2 Å². The Kier molecular flexibility index (Phi) is 12.0. The molecule has 26 heavy (non-hydrogen) atoms. The Labute approximate surface area is 153 Å². The van der Waals surface area contributed by atoms with Crippen molar-refractivity contribution in [3.63, 3.8) is 0 Å². The van der Waals surface area contributed by atoms with Gasteiger partial charge in [0.05, 0.1) is 12.6 Å². The highest BCUT2D eigenvalue weighted by Gasteiger charge is 2.22. The van der Waals surface area contributed by atoms with Gasteiger partial charge in [0, 0.05) is 0 Å². The van der Waals surface area contributed by atoms with E-state index in [0.29, 0.717) is 32.2 Å². The Bertz CT molecular complexity index is 484. The number of carboxylic acids is 1. The molecule has 0 aliphatic heterocycles. The van der Waals surface area contributed by atoms with Gasteiger partial charge in [-0.3, -0.25) is 19.2 Å². The average Bonchev–Trinajstić information content (AvgIpc) is 2.56. The molecule has 0 aromatic rings. The van der Waals surface area contributed by atoms with Crippen molar-refractivity contribution in [1.82, 2.24) is 16.0 Å². The smallest absolute Gasteiger partial charge is 0.322 e. The van der Waals surface area contributed by atoms with Gasteiger partial charge in [0.25, 0.3) is 0 Å². The van der Waals surface area contributed by atoms with E-state index in [1.54, 1.807) is 0 Å². The first kappa shape index (κ1) is 23.8. The van der Waals surface area contributed by atoms with Gasteiger partial charge in [0.1, 0.15) is 12.6 Å². The van der Waals surface area contributed by atoms with E-state index in [2.05, 4.69) is 16.0 Å². The summed E-state index contributed by atoms with van der Waals surface area (Å²) in [4.78, 5) is 46.4. The molecule has 0 aliphatic rings. The monoisotopic (exact) mass is 373 g/mol. The minimum absolute atomic E-state index is 0.245. The molecule has 10 heteroatoms. The molecule has 3 amide bonds. The molecule has 2 atom stereocenters. The lowest BCUT2D eigenvalue weighted by Crippen LogP contribution is -2.51. The number of amides is 3. The zero-order valence-corrected chi connectivity index (χ0v) is 15.4. The van der Waals surface area contributed by atoms with Crippen LogP contribution >= 0.6 is 0 Å². The molecule has 0 radical (unpaired) electrons. The SMILES string of the molecule is CC(C)CC(N)C(=O)NCC(=O)NC(CCCCN)C(=O)NCC(=O)O. The van der Waals surface area contributed by atoms with Gasteiger partial charge >= 0.3 is 5.97 Å². The average molecular weight is 373 g/mol. The number of aliphatic carboxylic acids is 1. The fourth-order valence-electron chi connectivity index (χ4n) is 2.21. The third kappa shape index (κ3) is 11.4. The Hall–Kier alpha value is -2.20. The first-order valence-electron chi connectivity index (χ1n) is 8.69. The first-order valence-corrected chi connectivity index (χ1v) is 8.69. The third-order valence-corrected chi connectivity index (χ3v) is 3.50. The summed E-state index contributed by atoms with van der Waals surface area (Å²) in [6, 6.07) is -1.60. The van der Waals surface area contributed by atoms with Crippen LogP contribution in [-0.4, -0.2) is 60.5 Å². The summed E-state index contributed by atoms with van der Waals surface area (Å²) in [5.74, 6) is -2.53. The fraction of sp³-hybridized carbons (Fsp3) is 0.750. The molecule has 8 N–H and O–H groups in total. The van der Waals surface area contributed by atoms with Crippen molar-refractivity contribution in [1.29, 1.82) is 0 Å². The molecule has 0 aliphatic carbocycles. The quantitative estimate of drug-likeness (QED) is 0.208. The minimum Gasteiger partial charge on any atom is -0.480 e. The van der Waals surface area contributed by atoms with Crippen LogP contribution in [0, 0.1) is 5.92 Å². The lowest BCUT2D eigenvalue weighted by atomic mass is 10.0. The van der Waals surface area contributed by atoms with E-state index in [0.717, 1.165) is 0 Å². The number of rotatable bonds is 13. The molecule has 2 unspecified atom stereocenters. The van der Waals surface area contributed by atoms with E-state index in [-0.39, 0.29) is 12.5 Å². The summed E-state index contributed by atoms with van der Waals surface area (Å²) >= 11 is 0. The Morgan fingerprint density at radius 3 is 2.15 bits per heavy atom. The molecule has 10 nitrogen and oxygen atoms in total. The van der Waals surface area contributed by atoms with E-state index >= 15 is 0 Å². The molecule has 0 rings (SSSR count). The normalized spacial score (nSPS) is 13.0. The van der Waals surface area contributed by atoms with Crippen molar-refractivity contribution in [2.45, 2.75) is 51.6 Å². The molecule has 0 aromatic carbocycles. The molecule has 0 saturated carbocycles. The first-order chi connectivity index (χ1) is 12.2. The Morgan fingerprint density at radius 1 is 1.00 bits per heavy atom. The number of nitrogens with two attached hydrogens (primary N) is 2. The second kappa shape index (κ2) is 13.1. The molecule has 0 bridgehead atoms. The van der Waals surface area contributed by atoms with Crippen LogP contribution in [0.5, 0.6) is 0 Å². The van der Waals surface area contributed by atoms with Crippen molar-refractivity contribution in [2.75, 3.05) is 19.6 Å². The standard InChI is InChI=1S/C16H31N5O5/c1-10(2)7-11(18)15(25)19-8-13(22)21-12(5-3-4-6-17)16(26)20-9-14(23)24/h10-12H,3-9,17-18H2,1-2H3,(H,19,25)(H,20,26)(H,21,22)(H,23,24). The summed E-state index contributed by atoms with van der Waals surface area (Å²) < 4.78 is 0. The van der Waals surface area contributed by atoms with Gasteiger partial charge in [-0.2, -0.15) is 0 Å². The molecule has 0 saturated heterocycles. The van der Waals surface area contributed by atoms with Crippen LogP contribution in [0.1, 0.15) is 39.5 Å². The van der Waals surface area contributed by atoms with E-state index in [4.69, 9.17) is 16.6 Å². The van der Waals surface area contributed by atoms with Crippen molar-refractivity contribution < 1.29 is 24.3 Å². The summed E-state index contributed by atoms with van der Waals surface area (Å²) in [6.07, 6.45) is 2.06. The van der Waals surface area contributed by atoms with Crippen LogP contribution in [0.2, 0.25) is 0 Å². The maximum Gasteiger partial charge on any atom is 0.322 e.